The van der Waals surface area contributed by atoms with Crippen LogP contribution in [0, 0.1) is 5.92 Å². The molecule has 0 aliphatic heterocycles. The second kappa shape index (κ2) is 4.83. The molecule has 1 heterocycles. The molecule has 0 bridgehead atoms. The fraction of sp³-hybridized carbons (Fsp3) is 0.333. The molecule has 2 aliphatic carbocycles. The average Bonchev–Trinajstić information content (AvgIpc) is 3.18. The van der Waals surface area contributed by atoms with Gasteiger partial charge in [-0.25, -0.2) is 4.98 Å². The maximum atomic E-state index is 12.5. The summed E-state index contributed by atoms with van der Waals surface area (Å²) in [6.07, 6.45) is 4.77. The number of carbonyl (C=O) groups excluding carboxylic acids is 1. The van der Waals surface area contributed by atoms with Gasteiger partial charge in [-0.15, -0.1) is 0 Å². The van der Waals surface area contributed by atoms with Gasteiger partial charge in [-0.3, -0.25) is 4.79 Å². The number of ether oxygens (including phenoxy) is 1. The smallest absolute Gasteiger partial charge is 0.228 e. The highest BCUT2D eigenvalue weighted by molar-refractivity contribution is 5.96. The molecule has 1 fully saturated rings. The number of nitrogens with zero attached hydrogens (tertiary/aromatic N) is 1. The SMILES string of the molecule is COc1ccc(NC(=O)C2CC23CCc2ccccc23)cn1. The fourth-order valence-electron chi connectivity index (χ4n) is 3.74. The number of aromatic nitrogens is 1. The molecule has 1 N–H and O–H groups in total. The van der Waals surface area contributed by atoms with Crippen LogP contribution in [-0.2, 0) is 16.6 Å². The first-order valence-electron chi connectivity index (χ1n) is 7.62. The Balaban J connectivity index is 1.49. The van der Waals surface area contributed by atoms with E-state index in [0.29, 0.717) is 5.88 Å². The van der Waals surface area contributed by atoms with E-state index in [4.69, 9.17) is 4.74 Å². The second-order valence-electron chi connectivity index (χ2n) is 6.15. The molecule has 4 nitrogen and oxygen atoms in total. The lowest BCUT2D eigenvalue weighted by Gasteiger charge is -2.11. The van der Waals surface area contributed by atoms with E-state index in [9.17, 15) is 4.79 Å². The second-order valence-corrected chi connectivity index (χ2v) is 6.15. The van der Waals surface area contributed by atoms with Gasteiger partial charge in [0.15, 0.2) is 0 Å². The van der Waals surface area contributed by atoms with E-state index in [2.05, 4.69) is 34.6 Å². The maximum Gasteiger partial charge on any atom is 0.228 e. The van der Waals surface area contributed by atoms with E-state index < -0.39 is 0 Å². The first-order valence-corrected chi connectivity index (χ1v) is 7.62. The first kappa shape index (κ1) is 13.3. The summed E-state index contributed by atoms with van der Waals surface area (Å²) in [6.45, 7) is 0. The van der Waals surface area contributed by atoms with Crippen molar-refractivity contribution in [2.45, 2.75) is 24.7 Å². The Hall–Kier alpha value is -2.36. The van der Waals surface area contributed by atoms with Crippen LogP contribution >= 0.6 is 0 Å². The van der Waals surface area contributed by atoms with Gasteiger partial charge in [0.1, 0.15) is 0 Å². The molecule has 1 aromatic heterocycles. The van der Waals surface area contributed by atoms with E-state index in [-0.39, 0.29) is 17.2 Å². The molecule has 2 aliphatic rings. The van der Waals surface area contributed by atoms with E-state index in [0.717, 1.165) is 24.9 Å². The molecule has 2 aromatic rings. The highest BCUT2D eigenvalue weighted by Crippen LogP contribution is 2.61. The Morgan fingerprint density at radius 3 is 2.95 bits per heavy atom. The van der Waals surface area contributed by atoms with Crippen LogP contribution in [0.2, 0.25) is 0 Å². The lowest BCUT2D eigenvalue weighted by molar-refractivity contribution is -0.117. The molecule has 1 saturated carbocycles. The molecular weight excluding hydrogens is 276 g/mol. The minimum atomic E-state index is 0.0817. The summed E-state index contributed by atoms with van der Waals surface area (Å²) in [5.74, 6) is 0.729. The molecule has 0 saturated heterocycles. The number of methoxy groups -OCH3 is 1. The van der Waals surface area contributed by atoms with Gasteiger partial charge in [0.05, 0.1) is 19.0 Å². The van der Waals surface area contributed by atoms with Crippen molar-refractivity contribution in [3.05, 3.63) is 53.7 Å². The van der Waals surface area contributed by atoms with E-state index in [1.165, 1.54) is 11.1 Å². The number of benzene rings is 1. The third-order valence-corrected chi connectivity index (χ3v) is 5.00. The molecule has 112 valence electrons. The molecule has 4 rings (SSSR count). The highest BCUT2D eigenvalue weighted by Gasteiger charge is 2.61. The van der Waals surface area contributed by atoms with Crippen molar-refractivity contribution in [3.63, 3.8) is 0 Å². The largest absolute Gasteiger partial charge is 0.481 e. The van der Waals surface area contributed by atoms with Gasteiger partial charge < -0.3 is 10.1 Å². The van der Waals surface area contributed by atoms with E-state index in [1.54, 1.807) is 19.4 Å². The zero-order valence-corrected chi connectivity index (χ0v) is 12.5. The fourth-order valence-corrected chi connectivity index (χ4v) is 3.74. The molecule has 4 heteroatoms. The Labute approximate surface area is 129 Å². The number of anilines is 1. The number of nitrogens with one attached hydrogen (secondary N) is 1. The van der Waals surface area contributed by atoms with Crippen LogP contribution in [-0.4, -0.2) is 18.0 Å². The number of carbonyl (C=O) groups is 1. The summed E-state index contributed by atoms with van der Waals surface area (Å²) in [4.78, 5) is 16.6. The lowest BCUT2D eigenvalue weighted by Crippen LogP contribution is -2.19. The number of amides is 1. The number of aryl methyl sites for hydroxylation is 1. The number of pyridine rings is 1. The summed E-state index contributed by atoms with van der Waals surface area (Å²) in [5, 5.41) is 2.98. The number of hydrogen-bond acceptors (Lipinski definition) is 3. The maximum absolute atomic E-state index is 12.5. The quantitative estimate of drug-likeness (QED) is 0.947. The predicted octanol–water partition coefficient (Wildman–Crippen LogP) is 2.93. The minimum Gasteiger partial charge on any atom is -0.481 e. The molecule has 1 spiro atoms. The lowest BCUT2D eigenvalue weighted by atomic mass is 9.95. The van der Waals surface area contributed by atoms with Gasteiger partial charge in [-0.05, 0) is 36.5 Å². The van der Waals surface area contributed by atoms with Crippen LogP contribution in [0.3, 0.4) is 0 Å². The first-order chi connectivity index (χ1) is 10.7. The van der Waals surface area contributed by atoms with Crippen molar-refractivity contribution in [2.75, 3.05) is 12.4 Å². The topological polar surface area (TPSA) is 51.2 Å². The summed E-state index contributed by atoms with van der Waals surface area (Å²) >= 11 is 0. The Bertz CT molecular complexity index is 726. The van der Waals surface area contributed by atoms with Gasteiger partial charge in [-0.2, -0.15) is 0 Å². The van der Waals surface area contributed by atoms with Crippen LogP contribution in [0.4, 0.5) is 5.69 Å². The van der Waals surface area contributed by atoms with Crippen molar-refractivity contribution in [1.82, 2.24) is 4.98 Å². The average molecular weight is 294 g/mol. The standard InChI is InChI=1S/C18H18N2O2/c1-22-16-7-6-13(11-19-16)20-17(21)15-10-18(15)9-8-12-4-2-3-5-14(12)18/h2-7,11,15H,8-10H2,1H3,(H,20,21). The van der Waals surface area contributed by atoms with Crippen molar-refractivity contribution in [2.24, 2.45) is 5.92 Å². The van der Waals surface area contributed by atoms with Crippen LogP contribution in [0.5, 0.6) is 5.88 Å². The summed E-state index contributed by atoms with van der Waals surface area (Å²) < 4.78 is 5.03. The number of fused-ring (bicyclic) bond motifs is 2. The number of hydrogen-bond donors (Lipinski definition) is 1. The highest BCUT2D eigenvalue weighted by atomic mass is 16.5. The summed E-state index contributed by atoms with van der Waals surface area (Å²) in [5.41, 5.74) is 3.59. The Kier molecular flexibility index (Phi) is 2.93. The molecule has 0 radical (unpaired) electrons. The van der Waals surface area contributed by atoms with Crippen LogP contribution in [0.1, 0.15) is 24.0 Å². The van der Waals surface area contributed by atoms with Crippen molar-refractivity contribution >= 4 is 11.6 Å². The Morgan fingerprint density at radius 2 is 2.18 bits per heavy atom. The molecule has 1 aromatic carbocycles. The van der Waals surface area contributed by atoms with Crippen LogP contribution in [0.15, 0.2) is 42.6 Å². The van der Waals surface area contributed by atoms with Crippen molar-refractivity contribution < 1.29 is 9.53 Å². The van der Waals surface area contributed by atoms with Crippen LogP contribution in [0.25, 0.3) is 0 Å². The molecular formula is C18H18N2O2. The van der Waals surface area contributed by atoms with Gasteiger partial charge in [0.25, 0.3) is 0 Å². The Morgan fingerprint density at radius 1 is 1.32 bits per heavy atom. The minimum absolute atomic E-state index is 0.0817. The predicted molar refractivity (Wildman–Crippen MR) is 84.0 cm³/mol. The zero-order valence-electron chi connectivity index (χ0n) is 12.5. The normalized spacial score (nSPS) is 24.9. The van der Waals surface area contributed by atoms with Crippen molar-refractivity contribution in [3.8, 4) is 5.88 Å². The van der Waals surface area contributed by atoms with Crippen molar-refractivity contribution in [1.29, 1.82) is 0 Å². The zero-order chi connectivity index (χ0) is 15.2. The van der Waals surface area contributed by atoms with E-state index in [1.807, 2.05) is 6.07 Å². The van der Waals surface area contributed by atoms with Gasteiger partial charge >= 0.3 is 0 Å². The molecule has 1 amide bonds. The summed E-state index contributed by atoms with van der Waals surface area (Å²) in [7, 11) is 1.58. The third-order valence-electron chi connectivity index (χ3n) is 5.00. The molecule has 2 atom stereocenters. The number of rotatable bonds is 3. The van der Waals surface area contributed by atoms with Gasteiger partial charge in [0, 0.05) is 17.4 Å². The van der Waals surface area contributed by atoms with E-state index >= 15 is 0 Å². The van der Waals surface area contributed by atoms with Gasteiger partial charge in [0.2, 0.25) is 11.8 Å². The van der Waals surface area contributed by atoms with Crippen LogP contribution < -0.4 is 10.1 Å². The monoisotopic (exact) mass is 294 g/mol. The summed E-state index contributed by atoms with van der Waals surface area (Å²) in [6, 6.07) is 12.1. The molecule has 22 heavy (non-hydrogen) atoms. The van der Waals surface area contributed by atoms with Gasteiger partial charge in [-0.1, -0.05) is 24.3 Å². The molecule has 2 unspecified atom stereocenters. The third kappa shape index (κ3) is 1.98.